The maximum atomic E-state index is 13.5. The minimum absolute atomic E-state index is 0.00586. The van der Waals surface area contributed by atoms with Gasteiger partial charge in [0.15, 0.2) is 6.29 Å². The van der Waals surface area contributed by atoms with E-state index in [1.807, 2.05) is 0 Å². The summed E-state index contributed by atoms with van der Waals surface area (Å²) >= 11 is 0. The predicted octanol–water partition coefficient (Wildman–Crippen LogP) is 3.72. The Morgan fingerprint density at radius 3 is 2.35 bits per heavy atom. The summed E-state index contributed by atoms with van der Waals surface area (Å²) in [6.45, 7) is 0.102. The molecule has 0 aliphatic rings. The van der Waals surface area contributed by atoms with Crippen LogP contribution < -0.4 is 0 Å². The zero-order chi connectivity index (χ0) is 19.5. The van der Waals surface area contributed by atoms with Crippen LogP contribution in [-0.2, 0) is 26.9 Å². The molecule has 0 atom stereocenters. The fourth-order valence-electron chi connectivity index (χ4n) is 2.50. The first-order valence-electron chi connectivity index (χ1n) is 7.43. The van der Waals surface area contributed by atoms with E-state index in [2.05, 4.69) is 0 Å². The molecule has 0 fully saturated rings. The first kappa shape index (κ1) is 19.9. The molecule has 0 radical (unpaired) electrons. The van der Waals surface area contributed by atoms with Gasteiger partial charge in [-0.15, -0.1) is 0 Å². The standard InChI is InChI=1S/C17H17F4NO4/c1-24-14(25-2)9-22-7-6-11(15(22)16(23)26-3)10-4-5-13(18)12(8-10)17(19,20)21/h4-8,14H,9H2,1-3H3. The molecule has 1 aromatic heterocycles. The lowest BCUT2D eigenvalue weighted by molar-refractivity contribution is -0.139. The zero-order valence-electron chi connectivity index (χ0n) is 14.3. The summed E-state index contributed by atoms with van der Waals surface area (Å²) in [5.41, 5.74) is -1.20. The zero-order valence-corrected chi connectivity index (χ0v) is 14.3. The number of halogens is 4. The van der Waals surface area contributed by atoms with Gasteiger partial charge in [0.05, 0.1) is 19.2 Å². The Morgan fingerprint density at radius 2 is 1.81 bits per heavy atom. The molecule has 0 N–H and O–H groups in total. The van der Waals surface area contributed by atoms with Crippen LogP contribution in [0.2, 0.25) is 0 Å². The minimum atomic E-state index is -4.86. The molecule has 0 bridgehead atoms. The molecule has 0 aliphatic carbocycles. The largest absolute Gasteiger partial charge is 0.464 e. The van der Waals surface area contributed by atoms with Crippen molar-refractivity contribution in [2.45, 2.75) is 19.0 Å². The van der Waals surface area contributed by atoms with Crippen molar-refractivity contribution in [3.63, 3.8) is 0 Å². The number of hydrogen-bond donors (Lipinski definition) is 0. The van der Waals surface area contributed by atoms with Crippen molar-refractivity contribution in [2.75, 3.05) is 21.3 Å². The number of carbonyl (C=O) groups excluding carboxylic acids is 1. The summed E-state index contributed by atoms with van der Waals surface area (Å²) in [5.74, 6) is -2.15. The molecule has 5 nitrogen and oxygen atoms in total. The lowest BCUT2D eigenvalue weighted by Gasteiger charge is -2.16. The molecule has 142 valence electrons. The maximum absolute atomic E-state index is 13.5. The highest BCUT2D eigenvalue weighted by molar-refractivity contribution is 5.96. The summed E-state index contributed by atoms with van der Waals surface area (Å²) in [6.07, 6.45) is -4.05. The Bertz CT molecular complexity index is 782. The van der Waals surface area contributed by atoms with Crippen molar-refractivity contribution in [3.8, 4) is 11.1 Å². The Hall–Kier alpha value is -2.39. The fourth-order valence-corrected chi connectivity index (χ4v) is 2.50. The second-order valence-electron chi connectivity index (χ2n) is 5.32. The van der Waals surface area contributed by atoms with Crippen LogP contribution in [-0.4, -0.2) is 38.2 Å². The fraction of sp³-hybridized carbons (Fsp3) is 0.353. The van der Waals surface area contributed by atoms with Gasteiger partial charge in [0.25, 0.3) is 0 Å². The van der Waals surface area contributed by atoms with Crippen molar-refractivity contribution in [3.05, 3.63) is 47.5 Å². The SMILES string of the molecule is COC(=O)c1c(-c2ccc(F)c(C(F)(F)F)c2)ccn1CC(OC)OC. The normalized spacial score (nSPS) is 11.8. The Kier molecular flexibility index (Phi) is 6.04. The van der Waals surface area contributed by atoms with Gasteiger partial charge in [0, 0.05) is 26.0 Å². The van der Waals surface area contributed by atoms with E-state index in [0.29, 0.717) is 12.1 Å². The van der Waals surface area contributed by atoms with Crippen molar-refractivity contribution < 1.29 is 36.6 Å². The van der Waals surface area contributed by atoms with Gasteiger partial charge in [-0.25, -0.2) is 9.18 Å². The van der Waals surface area contributed by atoms with Crippen LogP contribution in [0.25, 0.3) is 11.1 Å². The molecule has 26 heavy (non-hydrogen) atoms. The smallest absolute Gasteiger partial charge is 0.419 e. The third-order valence-corrected chi connectivity index (χ3v) is 3.80. The minimum Gasteiger partial charge on any atom is -0.464 e. The van der Waals surface area contributed by atoms with E-state index in [-0.39, 0.29) is 23.4 Å². The van der Waals surface area contributed by atoms with E-state index in [1.54, 1.807) is 0 Å². The van der Waals surface area contributed by atoms with Crippen LogP contribution in [0, 0.1) is 5.82 Å². The van der Waals surface area contributed by atoms with E-state index < -0.39 is 29.8 Å². The van der Waals surface area contributed by atoms with Crippen LogP contribution in [0.4, 0.5) is 17.6 Å². The number of esters is 1. The van der Waals surface area contributed by atoms with Crippen molar-refractivity contribution in [1.82, 2.24) is 4.57 Å². The van der Waals surface area contributed by atoms with E-state index in [4.69, 9.17) is 14.2 Å². The van der Waals surface area contributed by atoms with Crippen LogP contribution in [0.15, 0.2) is 30.5 Å². The molecule has 0 saturated carbocycles. The molecular formula is C17H17F4NO4. The van der Waals surface area contributed by atoms with Crippen LogP contribution in [0.1, 0.15) is 16.1 Å². The number of hydrogen-bond acceptors (Lipinski definition) is 4. The lowest BCUT2D eigenvalue weighted by atomic mass is 10.0. The van der Waals surface area contributed by atoms with Crippen molar-refractivity contribution in [1.29, 1.82) is 0 Å². The molecule has 1 heterocycles. The maximum Gasteiger partial charge on any atom is 0.419 e. The van der Waals surface area contributed by atoms with Gasteiger partial charge in [0.1, 0.15) is 11.5 Å². The van der Waals surface area contributed by atoms with Gasteiger partial charge in [-0.2, -0.15) is 13.2 Å². The third kappa shape index (κ3) is 4.05. The van der Waals surface area contributed by atoms with Crippen molar-refractivity contribution in [2.24, 2.45) is 0 Å². The number of aromatic nitrogens is 1. The molecule has 0 amide bonds. The third-order valence-electron chi connectivity index (χ3n) is 3.80. The molecule has 2 rings (SSSR count). The number of rotatable bonds is 6. The predicted molar refractivity (Wildman–Crippen MR) is 84.0 cm³/mol. The first-order valence-corrected chi connectivity index (χ1v) is 7.43. The number of nitrogens with zero attached hydrogens (tertiary/aromatic N) is 1. The topological polar surface area (TPSA) is 49.7 Å². The summed E-state index contributed by atoms with van der Waals surface area (Å²) in [7, 11) is 3.97. The van der Waals surface area contributed by atoms with Gasteiger partial charge >= 0.3 is 12.1 Å². The number of carbonyl (C=O) groups is 1. The van der Waals surface area contributed by atoms with Gasteiger partial charge < -0.3 is 18.8 Å². The molecule has 0 unspecified atom stereocenters. The van der Waals surface area contributed by atoms with E-state index in [0.717, 1.165) is 7.11 Å². The molecule has 0 spiro atoms. The quantitative estimate of drug-likeness (QED) is 0.439. The molecule has 1 aromatic carbocycles. The van der Waals surface area contributed by atoms with Gasteiger partial charge in [-0.1, -0.05) is 6.07 Å². The second kappa shape index (κ2) is 7.88. The highest BCUT2D eigenvalue weighted by Crippen LogP contribution is 2.35. The van der Waals surface area contributed by atoms with Gasteiger partial charge in [-0.05, 0) is 23.8 Å². The van der Waals surface area contributed by atoms with Crippen molar-refractivity contribution >= 4 is 5.97 Å². The molecule has 0 saturated heterocycles. The average Bonchev–Trinajstić information content (AvgIpc) is 3.01. The molecule has 9 heteroatoms. The lowest BCUT2D eigenvalue weighted by Crippen LogP contribution is -2.23. The summed E-state index contributed by atoms with van der Waals surface area (Å²) in [5, 5.41) is 0. The summed E-state index contributed by atoms with van der Waals surface area (Å²) in [6, 6.07) is 3.98. The van der Waals surface area contributed by atoms with Gasteiger partial charge in [-0.3, -0.25) is 0 Å². The average molecular weight is 375 g/mol. The monoisotopic (exact) mass is 375 g/mol. The van der Waals surface area contributed by atoms with E-state index in [9.17, 15) is 22.4 Å². The number of ether oxygens (including phenoxy) is 3. The Balaban J connectivity index is 2.56. The highest BCUT2D eigenvalue weighted by Gasteiger charge is 2.34. The van der Waals surface area contributed by atoms with Gasteiger partial charge in [0.2, 0.25) is 0 Å². The van der Waals surface area contributed by atoms with E-state index in [1.165, 1.54) is 37.1 Å². The highest BCUT2D eigenvalue weighted by atomic mass is 19.4. The number of alkyl halides is 3. The molecular weight excluding hydrogens is 358 g/mol. The summed E-state index contributed by atoms with van der Waals surface area (Å²) in [4.78, 5) is 12.2. The van der Waals surface area contributed by atoms with Crippen LogP contribution >= 0.6 is 0 Å². The first-order chi connectivity index (χ1) is 12.2. The van der Waals surface area contributed by atoms with Crippen LogP contribution in [0.5, 0.6) is 0 Å². The Labute approximate surface area is 147 Å². The number of benzene rings is 1. The number of methoxy groups -OCH3 is 3. The Morgan fingerprint density at radius 1 is 1.15 bits per heavy atom. The van der Waals surface area contributed by atoms with Crippen LogP contribution in [0.3, 0.4) is 0 Å². The molecule has 0 aliphatic heterocycles. The van der Waals surface area contributed by atoms with E-state index >= 15 is 0 Å². The molecule has 2 aromatic rings. The second-order valence-corrected chi connectivity index (χ2v) is 5.32. The summed E-state index contributed by atoms with van der Waals surface area (Å²) < 4.78 is 68.7.